The van der Waals surface area contributed by atoms with Crippen molar-refractivity contribution in [3.8, 4) is 0 Å². The second-order valence-electron chi connectivity index (χ2n) is 5.35. The Labute approximate surface area is 124 Å². The summed E-state index contributed by atoms with van der Waals surface area (Å²) in [4.78, 5) is 12.7. The number of piperidine rings is 1. The van der Waals surface area contributed by atoms with Gasteiger partial charge in [0.25, 0.3) is 0 Å². The van der Waals surface area contributed by atoms with Crippen LogP contribution in [-0.4, -0.2) is 34.8 Å². The maximum atomic E-state index is 12.7. The van der Waals surface area contributed by atoms with E-state index in [9.17, 15) is 4.79 Å². The quantitative estimate of drug-likeness (QED) is 0.891. The standard InChI is InChI=1S/C16H20N4O/c21-16(19-14-8-4-9-17-12-14)15(20-11-5-10-18-20)13-6-2-1-3-7-13/h1-3,5-7,10-11,14-15,17H,4,8-9,12H2,(H,19,21)/t14-,15?/m0/s1. The molecule has 0 aliphatic carbocycles. The third-order valence-corrected chi connectivity index (χ3v) is 3.80. The van der Waals surface area contributed by atoms with Crippen LogP contribution in [-0.2, 0) is 4.79 Å². The molecule has 1 aromatic carbocycles. The first kappa shape index (κ1) is 13.8. The predicted molar refractivity (Wildman–Crippen MR) is 80.8 cm³/mol. The average molecular weight is 284 g/mol. The molecule has 1 unspecified atom stereocenters. The fourth-order valence-electron chi connectivity index (χ4n) is 2.75. The lowest BCUT2D eigenvalue weighted by Gasteiger charge is -2.26. The third kappa shape index (κ3) is 3.31. The van der Waals surface area contributed by atoms with E-state index in [1.165, 1.54) is 0 Å². The van der Waals surface area contributed by atoms with Gasteiger partial charge in [0.1, 0.15) is 0 Å². The van der Waals surface area contributed by atoms with Crippen molar-refractivity contribution in [2.24, 2.45) is 0 Å². The minimum Gasteiger partial charge on any atom is -0.350 e. The van der Waals surface area contributed by atoms with Crippen LogP contribution in [0.15, 0.2) is 48.8 Å². The van der Waals surface area contributed by atoms with Crippen molar-refractivity contribution >= 4 is 5.91 Å². The van der Waals surface area contributed by atoms with Crippen LogP contribution < -0.4 is 10.6 Å². The lowest BCUT2D eigenvalue weighted by molar-refractivity contribution is -0.124. The summed E-state index contributed by atoms with van der Waals surface area (Å²) in [5, 5.41) is 10.7. The summed E-state index contributed by atoms with van der Waals surface area (Å²) in [6, 6.07) is 11.4. The van der Waals surface area contributed by atoms with Gasteiger partial charge < -0.3 is 10.6 Å². The van der Waals surface area contributed by atoms with Crippen LogP contribution in [0.1, 0.15) is 24.4 Å². The number of nitrogens with one attached hydrogen (secondary N) is 2. The van der Waals surface area contributed by atoms with Crippen molar-refractivity contribution in [1.29, 1.82) is 0 Å². The maximum absolute atomic E-state index is 12.7. The SMILES string of the molecule is O=C(N[C@H]1CCCNC1)C(c1ccccc1)n1cccn1. The summed E-state index contributed by atoms with van der Waals surface area (Å²) < 4.78 is 1.71. The molecule has 5 heteroatoms. The molecule has 2 aromatic rings. The van der Waals surface area contributed by atoms with Crippen molar-refractivity contribution in [2.75, 3.05) is 13.1 Å². The van der Waals surface area contributed by atoms with Gasteiger partial charge in [0.15, 0.2) is 6.04 Å². The molecule has 0 radical (unpaired) electrons. The Morgan fingerprint density at radius 1 is 1.33 bits per heavy atom. The van der Waals surface area contributed by atoms with E-state index in [2.05, 4.69) is 15.7 Å². The van der Waals surface area contributed by atoms with Gasteiger partial charge >= 0.3 is 0 Å². The molecule has 2 heterocycles. The monoisotopic (exact) mass is 284 g/mol. The van der Waals surface area contributed by atoms with Crippen molar-refractivity contribution < 1.29 is 4.79 Å². The van der Waals surface area contributed by atoms with Crippen LogP contribution in [0.25, 0.3) is 0 Å². The topological polar surface area (TPSA) is 59.0 Å². The molecule has 1 amide bonds. The van der Waals surface area contributed by atoms with Crippen molar-refractivity contribution in [1.82, 2.24) is 20.4 Å². The lowest BCUT2D eigenvalue weighted by Crippen LogP contribution is -2.48. The second kappa shape index (κ2) is 6.54. The highest BCUT2D eigenvalue weighted by atomic mass is 16.2. The van der Waals surface area contributed by atoms with E-state index in [0.717, 1.165) is 31.5 Å². The summed E-state index contributed by atoms with van der Waals surface area (Å²) in [6.07, 6.45) is 5.66. The molecule has 0 bridgehead atoms. The van der Waals surface area contributed by atoms with E-state index in [0.29, 0.717) is 0 Å². The zero-order valence-electron chi connectivity index (χ0n) is 11.9. The van der Waals surface area contributed by atoms with Gasteiger partial charge in [-0.1, -0.05) is 30.3 Å². The second-order valence-corrected chi connectivity index (χ2v) is 5.35. The Balaban J connectivity index is 1.80. The summed E-state index contributed by atoms with van der Waals surface area (Å²) in [5.41, 5.74) is 0.947. The van der Waals surface area contributed by atoms with Crippen LogP contribution >= 0.6 is 0 Å². The molecule has 1 aliphatic rings. The Kier molecular flexibility index (Phi) is 4.31. The molecule has 5 nitrogen and oxygen atoms in total. The first-order chi connectivity index (χ1) is 10.3. The van der Waals surface area contributed by atoms with Gasteiger partial charge in [0.2, 0.25) is 5.91 Å². The van der Waals surface area contributed by atoms with Crippen LogP contribution in [0.3, 0.4) is 0 Å². The lowest BCUT2D eigenvalue weighted by atomic mass is 10.0. The molecule has 1 saturated heterocycles. The third-order valence-electron chi connectivity index (χ3n) is 3.80. The van der Waals surface area contributed by atoms with Gasteiger partial charge in [-0.3, -0.25) is 9.48 Å². The Hall–Kier alpha value is -2.14. The van der Waals surface area contributed by atoms with Gasteiger partial charge in [-0.25, -0.2) is 0 Å². The van der Waals surface area contributed by atoms with E-state index in [1.807, 2.05) is 42.6 Å². The number of rotatable bonds is 4. The number of hydrogen-bond acceptors (Lipinski definition) is 3. The molecule has 21 heavy (non-hydrogen) atoms. The minimum atomic E-state index is -0.414. The van der Waals surface area contributed by atoms with Crippen LogP contribution in [0.2, 0.25) is 0 Å². The van der Waals surface area contributed by atoms with E-state index in [-0.39, 0.29) is 11.9 Å². The summed E-state index contributed by atoms with van der Waals surface area (Å²) >= 11 is 0. The average Bonchev–Trinajstić information content (AvgIpc) is 3.03. The first-order valence-corrected chi connectivity index (χ1v) is 7.40. The van der Waals surface area contributed by atoms with Crippen molar-refractivity contribution in [3.63, 3.8) is 0 Å². The highest BCUT2D eigenvalue weighted by Gasteiger charge is 2.25. The zero-order valence-corrected chi connectivity index (χ0v) is 11.9. The molecule has 110 valence electrons. The number of hydrogen-bond donors (Lipinski definition) is 2. The first-order valence-electron chi connectivity index (χ1n) is 7.40. The van der Waals surface area contributed by atoms with E-state index in [1.54, 1.807) is 10.9 Å². The van der Waals surface area contributed by atoms with Crippen molar-refractivity contribution in [3.05, 3.63) is 54.4 Å². The number of benzene rings is 1. The molecule has 1 fully saturated rings. The Morgan fingerprint density at radius 2 is 2.19 bits per heavy atom. The van der Waals surface area contributed by atoms with Crippen LogP contribution in [0, 0.1) is 0 Å². The number of amides is 1. The molecule has 0 saturated carbocycles. The van der Waals surface area contributed by atoms with Gasteiger partial charge in [-0.2, -0.15) is 5.10 Å². The zero-order chi connectivity index (χ0) is 14.5. The predicted octanol–water partition coefficient (Wildman–Crippen LogP) is 1.34. The molecule has 2 atom stereocenters. The molecular formula is C16H20N4O. The fraction of sp³-hybridized carbons (Fsp3) is 0.375. The normalized spacial score (nSPS) is 19.9. The van der Waals surface area contributed by atoms with Gasteiger partial charge in [0, 0.05) is 25.0 Å². The number of aromatic nitrogens is 2. The van der Waals surface area contributed by atoms with Gasteiger partial charge in [-0.15, -0.1) is 0 Å². The largest absolute Gasteiger partial charge is 0.350 e. The van der Waals surface area contributed by atoms with Gasteiger partial charge in [0.05, 0.1) is 0 Å². The molecule has 2 N–H and O–H groups in total. The smallest absolute Gasteiger partial charge is 0.249 e. The van der Waals surface area contributed by atoms with Crippen LogP contribution in [0.5, 0.6) is 0 Å². The van der Waals surface area contributed by atoms with Crippen LogP contribution in [0.4, 0.5) is 0 Å². The summed E-state index contributed by atoms with van der Waals surface area (Å²) in [6.45, 7) is 1.87. The Morgan fingerprint density at radius 3 is 2.86 bits per heavy atom. The minimum absolute atomic E-state index is 0.00130. The van der Waals surface area contributed by atoms with Gasteiger partial charge in [-0.05, 0) is 31.0 Å². The molecule has 3 rings (SSSR count). The number of carbonyl (C=O) groups is 1. The number of carbonyl (C=O) groups excluding carboxylic acids is 1. The Bertz CT molecular complexity index is 561. The number of nitrogens with zero attached hydrogens (tertiary/aromatic N) is 2. The van der Waals surface area contributed by atoms with E-state index >= 15 is 0 Å². The molecule has 0 spiro atoms. The highest BCUT2D eigenvalue weighted by molar-refractivity contribution is 5.83. The van der Waals surface area contributed by atoms with E-state index < -0.39 is 6.04 Å². The molecule has 1 aliphatic heterocycles. The summed E-state index contributed by atoms with van der Waals surface area (Å²) in [5.74, 6) is -0.00130. The van der Waals surface area contributed by atoms with E-state index in [4.69, 9.17) is 0 Å². The fourth-order valence-corrected chi connectivity index (χ4v) is 2.75. The maximum Gasteiger partial charge on any atom is 0.249 e. The summed E-state index contributed by atoms with van der Waals surface area (Å²) in [7, 11) is 0. The molecular weight excluding hydrogens is 264 g/mol. The highest BCUT2D eigenvalue weighted by Crippen LogP contribution is 2.18. The molecule has 1 aromatic heterocycles. The van der Waals surface area contributed by atoms with Crippen molar-refractivity contribution in [2.45, 2.75) is 24.9 Å².